The average molecular weight is 254 g/mol. The predicted molar refractivity (Wildman–Crippen MR) is 77.1 cm³/mol. The molecule has 2 rings (SSSR count). The number of rotatable bonds is 2. The summed E-state index contributed by atoms with van der Waals surface area (Å²) in [6.07, 6.45) is 5.49. The summed E-state index contributed by atoms with van der Waals surface area (Å²) >= 11 is 0. The van der Waals surface area contributed by atoms with Crippen molar-refractivity contribution >= 4 is 12.4 Å². The van der Waals surface area contributed by atoms with E-state index in [9.17, 15) is 0 Å². The van der Waals surface area contributed by atoms with E-state index in [0.29, 0.717) is 0 Å². The van der Waals surface area contributed by atoms with Crippen molar-refractivity contribution in [3.63, 3.8) is 0 Å². The van der Waals surface area contributed by atoms with Crippen molar-refractivity contribution in [3.05, 3.63) is 35.4 Å². The summed E-state index contributed by atoms with van der Waals surface area (Å²) in [7, 11) is 4.45. The first kappa shape index (κ1) is 14.5. The van der Waals surface area contributed by atoms with E-state index in [0.717, 1.165) is 12.0 Å². The van der Waals surface area contributed by atoms with Gasteiger partial charge in [0, 0.05) is 6.04 Å². The van der Waals surface area contributed by atoms with E-state index in [1.807, 2.05) is 0 Å². The molecule has 0 N–H and O–H groups in total. The molecule has 1 aliphatic rings. The molecule has 17 heavy (non-hydrogen) atoms. The molecule has 1 aromatic carbocycles. The van der Waals surface area contributed by atoms with Crippen LogP contribution in [0.15, 0.2) is 24.3 Å². The molecule has 0 amide bonds. The van der Waals surface area contributed by atoms with Gasteiger partial charge in [0.2, 0.25) is 0 Å². The number of nitrogens with zero attached hydrogens (tertiary/aromatic N) is 1. The molecule has 2 atom stereocenters. The molecular weight excluding hydrogens is 230 g/mol. The van der Waals surface area contributed by atoms with Gasteiger partial charge < -0.3 is 4.90 Å². The van der Waals surface area contributed by atoms with E-state index in [1.54, 1.807) is 5.56 Å². The van der Waals surface area contributed by atoms with Crippen LogP contribution in [0.5, 0.6) is 0 Å². The summed E-state index contributed by atoms with van der Waals surface area (Å²) in [5.41, 5.74) is 3.03. The molecule has 2 heteroatoms. The SMILES string of the molecule is Cc1ccccc1C1CCCCC1N(C)C.Cl. The number of halogens is 1. The normalized spacial score (nSPS) is 24.5. The lowest BCUT2D eigenvalue weighted by atomic mass is 9.78. The molecule has 0 bridgehead atoms. The van der Waals surface area contributed by atoms with Crippen molar-refractivity contribution < 1.29 is 0 Å². The van der Waals surface area contributed by atoms with Crippen LogP contribution in [0.2, 0.25) is 0 Å². The maximum absolute atomic E-state index is 2.41. The zero-order valence-electron chi connectivity index (χ0n) is 11.1. The minimum atomic E-state index is 0. The van der Waals surface area contributed by atoms with Gasteiger partial charge in [-0.3, -0.25) is 0 Å². The molecule has 1 nitrogen and oxygen atoms in total. The van der Waals surface area contributed by atoms with Crippen LogP contribution in [0, 0.1) is 6.92 Å². The molecule has 1 aliphatic carbocycles. The van der Waals surface area contributed by atoms with Crippen molar-refractivity contribution in [2.24, 2.45) is 0 Å². The minimum absolute atomic E-state index is 0. The highest BCUT2D eigenvalue weighted by atomic mass is 35.5. The van der Waals surface area contributed by atoms with Gasteiger partial charge in [-0.15, -0.1) is 12.4 Å². The molecule has 1 fully saturated rings. The Morgan fingerprint density at radius 1 is 1.06 bits per heavy atom. The third kappa shape index (κ3) is 3.23. The van der Waals surface area contributed by atoms with Crippen LogP contribution >= 0.6 is 12.4 Å². The highest BCUT2D eigenvalue weighted by molar-refractivity contribution is 5.85. The van der Waals surface area contributed by atoms with Crippen molar-refractivity contribution in [3.8, 4) is 0 Å². The minimum Gasteiger partial charge on any atom is -0.306 e. The van der Waals surface area contributed by atoms with Crippen LogP contribution in [0.4, 0.5) is 0 Å². The van der Waals surface area contributed by atoms with Gasteiger partial charge in [-0.1, -0.05) is 37.1 Å². The van der Waals surface area contributed by atoms with Gasteiger partial charge in [0.1, 0.15) is 0 Å². The molecule has 0 spiro atoms. The predicted octanol–water partition coefficient (Wildman–Crippen LogP) is 4.00. The van der Waals surface area contributed by atoms with E-state index in [-0.39, 0.29) is 12.4 Å². The van der Waals surface area contributed by atoms with E-state index >= 15 is 0 Å². The lowest BCUT2D eigenvalue weighted by Gasteiger charge is -2.37. The first-order valence-electron chi connectivity index (χ1n) is 6.42. The number of aryl methyl sites for hydroxylation is 1. The fraction of sp³-hybridized carbons (Fsp3) is 0.600. The summed E-state index contributed by atoms with van der Waals surface area (Å²) in [6.45, 7) is 2.25. The molecule has 0 radical (unpaired) electrons. The van der Waals surface area contributed by atoms with Crippen LogP contribution in [-0.4, -0.2) is 25.0 Å². The highest BCUT2D eigenvalue weighted by Crippen LogP contribution is 2.36. The number of hydrogen-bond donors (Lipinski definition) is 0. The van der Waals surface area contributed by atoms with Crippen LogP contribution in [0.3, 0.4) is 0 Å². The molecule has 96 valence electrons. The average Bonchev–Trinajstić information content (AvgIpc) is 2.29. The number of benzene rings is 1. The van der Waals surface area contributed by atoms with Crippen molar-refractivity contribution in [1.82, 2.24) is 4.90 Å². The second kappa shape index (κ2) is 6.42. The first-order valence-corrected chi connectivity index (χ1v) is 6.42. The van der Waals surface area contributed by atoms with Gasteiger partial charge in [-0.2, -0.15) is 0 Å². The van der Waals surface area contributed by atoms with Crippen LogP contribution in [0.1, 0.15) is 42.7 Å². The number of likely N-dealkylation sites (N-methyl/N-ethyl adjacent to an activating group) is 1. The zero-order chi connectivity index (χ0) is 11.5. The van der Waals surface area contributed by atoms with Gasteiger partial charge >= 0.3 is 0 Å². The van der Waals surface area contributed by atoms with E-state index in [4.69, 9.17) is 0 Å². The molecule has 0 aromatic heterocycles. The summed E-state index contributed by atoms with van der Waals surface area (Å²) in [5, 5.41) is 0. The standard InChI is InChI=1S/C15H23N.ClH/c1-12-8-4-5-9-13(12)14-10-6-7-11-15(14)16(2)3;/h4-5,8-9,14-15H,6-7,10-11H2,1-3H3;1H. The second-order valence-corrected chi connectivity index (χ2v) is 5.28. The Morgan fingerprint density at radius 2 is 1.71 bits per heavy atom. The topological polar surface area (TPSA) is 3.24 Å². The van der Waals surface area contributed by atoms with E-state index in [2.05, 4.69) is 50.2 Å². The lowest BCUT2D eigenvalue weighted by molar-refractivity contribution is 0.199. The van der Waals surface area contributed by atoms with Gasteiger partial charge in [0.15, 0.2) is 0 Å². The largest absolute Gasteiger partial charge is 0.306 e. The van der Waals surface area contributed by atoms with Crippen molar-refractivity contribution in [2.75, 3.05) is 14.1 Å². The Labute approximate surface area is 112 Å². The fourth-order valence-corrected chi connectivity index (χ4v) is 3.09. The van der Waals surface area contributed by atoms with Gasteiger partial charge in [0.05, 0.1) is 0 Å². The Bertz CT molecular complexity index is 349. The van der Waals surface area contributed by atoms with Gasteiger partial charge in [0.25, 0.3) is 0 Å². The Morgan fingerprint density at radius 3 is 2.35 bits per heavy atom. The first-order chi connectivity index (χ1) is 7.70. The van der Waals surface area contributed by atoms with Crippen LogP contribution in [0.25, 0.3) is 0 Å². The maximum Gasteiger partial charge on any atom is 0.0158 e. The van der Waals surface area contributed by atoms with Crippen LogP contribution in [-0.2, 0) is 0 Å². The molecule has 2 unspecified atom stereocenters. The third-order valence-electron chi connectivity index (χ3n) is 3.98. The summed E-state index contributed by atoms with van der Waals surface area (Å²) < 4.78 is 0. The molecule has 0 aliphatic heterocycles. The van der Waals surface area contributed by atoms with Crippen molar-refractivity contribution in [1.29, 1.82) is 0 Å². The Kier molecular flexibility index (Phi) is 5.48. The second-order valence-electron chi connectivity index (χ2n) is 5.28. The lowest BCUT2D eigenvalue weighted by Crippen LogP contribution is -2.36. The van der Waals surface area contributed by atoms with Crippen molar-refractivity contribution in [2.45, 2.75) is 44.6 Å². The zero-order valence-corrected chi connectivity index (χ0v) is 12.0. The summed E-state index contributed by atoms with van der Waals surface area (Å²) in [4.78, 5) is 2.41. The highest BCUT2D eigenvalue weighted by Gasteiger charge is 2.28. The Hall–Kier alpha value is -0.530. The monoisotopic (exact) mass is 253 g/mol. The van der Waals surface area contributed by atoms with E-state index < -0.39 is 0 Å². The molecular formula is C15H24ClN. The smallest absolute Gasteiger partial charge is 0.0158 e. The maximum atomic E-state index is 2.41. The quantitative estimate of drug-likeness (QED) is 0.770. The molecule has 0 saturated heterocycles. The van der Waals surface area contributed by atoms with Gasteiger partial charge in [-0.25, -0.2) is 0 Å². The fourth-order valence-electron chi connectivity index (χ4n) is 3.09. The Balaban J connectivity index is 0.00000144. The number of hydrogen-bond acceptors (Lipinski definition) is 1. The molecule has 1 saturated carbocycles. The molecule has 1 aromatic rings. The van der Waals surface area contributed by atoms with E-state index in [1.165, 1.54) is 31.2 Å². The molecule has 0 heterocycles. The summed E-state index contributed by atoms with van der Waals surface area (Å²) in [5.74, 6) is 0.741. The third-order valence-corrected chi connectivity index (χ3v) is 3.98. The summed E-state index contributed by atoms with van der Waals surface area (Å²) in [6, 6.07) is 9.63. The van der Waals surface area contributed by atoms with Gasteiger partial charge in [-0.05, 0) is 50.9 Å². The van der Waals surface area contributed by atoms with Crippen LogP contribution < -0.4 is 0 Å².